The Hall–Kier alpha value is -0.710. The summed E-state index contributed by atoms with van der Waals surface area (Å²) in [7, 11) is 0. The van der Waals surface area contributed by atoms with E-state index in [1.807, 2.05) is 6.92 Å². The number of aromatic nitrogens is 2. The van der Waals surface area contributed by atoms with Crippen molar-refractivity contribution in [1.82, 2.24) is 9.36 Å². The van der Waals surface area contributed by atoms with E-state index in [0.717, 1.165) is 12.2 Å². The van der Waals surface area contributed by atoms with Gasteiger partial charge < -0.3 is 5.32 Å². The molecule has 0 radical (unpaired) electrons. The highest BCUT2D eigenvalue weighted by atomic mass is 32.1. The van der Waals surface area contributed by atoms with Crippen LogP contribution in [0.2, 0.25) is 0 Å². The lowest BCUT2D eigenvalue weighted by molar-refractivity contribution is 0.375. The zero-order valence-electron chi connectivity index (χ0n) is 8.09. The first kappa shape index (κ1) is 10.4. The third kappa shape index (κ3) is 2.91. The van der Waals surface area contributed by atoms with Crippen LogP contribution in [0.3, 0.4) is 0 Å². The highest BCUT2D eigenvalue weighted by Gasteiger charge is 2.18. The van der Waals surface area contributed by atoms with E-state index in [2.05, 4.69) is 14.7 Å². The van der Waals surface area contributed by atoms with Crippen LogP contribution in [0.4, 0.5) is 9.52 Å². The number of nitrogens with one attached hydrogen (secondary N) is 1. The van der Waals surface area contributed by atoms with Gasteiger partial charge in [0.15, 0.2) is 0 Å². The molecule has 0 aliphatic rings. The molecule has 0 bridgehead atoms. The van der Waals surface area contributed by atoms with Gasteiger partial charge in [0, 0.05) is 18.0 Å². The molecule has 0 unspecified atom stereocenters. The quantitative estimate of drug-likeness (QED) is 0.815. The van der Waals surface area contributed by atoms with Crippen molar-refractivity contribution in [2.45, 2.75) is 32.7 Å². The fraction of sp³-hybridized carbons (Fsp3) is 0.750. The number of rotatable bonds is 4. The molecule has 5 heteroatoms. The minimum atomic E-state index is -0.551. The van der Waals surface area contributed by atoms with Crippen LogP contribution in [-0.4, -0.2) is 21.6 Å². The second kappa shape index (κ2) is 4.00. The van der Waals surface area contributed by atoms with Crippen LogP contribution in [0.1, 0.15) is 26.6 Å². The third-order valence-electron chi connectivity index (χ3n) is 1.56. The van der Waals surface area contributed by atoms with Crippen molar-refractivity contribution >= 4 is 16.7 Å². The molecule has 1 rings (SSSR count). The molecule has 3 nitrogen and oxygen atoms in total. The molecule has 1 aromatic rings. The molecule has 0 atom stereocenters. The Morgan fingerprint density at radius 2 is 2.23 bits per heavy atom. The van der Waals surface area contributed by atoms with E-state index in [-0.39, 0.29) is 0 Å². The van der Waals surface area contributed by atoms with Crippen molar-refractivity contribution in [1.29, 1.82) is 0 Å². The van der Waals surface area contributed by atoms with Crippen molar-refractivity contribution in [2.75, 3.05) is 12.0 Å². The fourth-order valence-corrected chi connectivity index (χ4v) is 1.60. The topological polar surface area (TPSA) is 37.8 Å². The number of hydrogen-bond acceptors (Lipinski definition) is 4. The van der Waals surface area contributed by atoms with Gasteiger partial charge in [-0.1, -0.05) is 6.92 Å². The van der Waals surface area contributed by atoms with Crippen LogP contribution in [-0.2, 0) is 6.42 Å². The molecule has 0 saturated carbocycles. The van der Waals surface area contributed by atoms with Gasteiger partial charge in [0.1, 0.15) is 12.5 Å². The van der Waals surface area contributed by atoms with Gasteiger partial charge in [0.2, 0.25) is 5.13 Å². The molecule has 0 saturated heterocycles. The minimum Gasteiger partial charge on any atom is -0.353 e. The van der Waals surface area contributed by atoms with E-state index < -0.39 is 12.2 Å². The van der Waals surface area contributed by atoms with Crippen molar-refractivity contribution < 1.29 is 4.39 Å². The van der Waals surface area contributed by atoms with Gasteiger partial charge in [-0.25, -0.2) is 9.37 Å². The normalized spacial score (nSPS) is 11.7. The first-order valence-corrected chi connectivity index (χ1v) is 5.01. The van der Waals surface area contributed by atoms with Crippen LogP contribution in [0, 0.1) is 0 Å². The predicted octanol–water partition coefficient (Wildman–Crippen LogP) is 2.26. The van der Waals surface area contributed by atoms with Gasteiger partial charge in [-0.05, 0) is 13.8 Å². The Morgan fingerprint density at radius 1 is 1.54 bits per heavy atom. The summed E-state index contributed by atoms with van der Waals surface area (Å²) in [6.45, 7) is 5.15. The Labute approximate surface area is 81.6 Å². The number of anilines is 1. The maximum Gasteiger partial charge on any atom is 0.203 e. The minimum absolute atomic E-state index is 0.423. The van der Waals surface area contributed by atoms with Gasteiger partial charge in [0.25, 0.3) is 0 Å². The van der Waals surface area contributed by atoms with Crippen LogP contribution in [0.5, 0.6) is 0 Å². The summed E-state index contributed by atoms with van der Waals surface area (Å²) < 4.78 is 16.5. The zero-order valence-corrected chi connectivity index (χ0v) is 8.91. The van der Waals surface area contributed by atoms with Crippen molar-refractivity contribution in [2.24, 2.45) is 0 Å². The average Bonchev–Trinajstić information content (AvgIpc) is 2.52. The van der Waals surface area contributed by atoms with E-state index in [1.54, 1.807) is 13.8 Å². The van der Waals surface area contributed by atoms with Crippen molar-refractivity contribution in [3.05, 3.63) is 5.82 Å². The van der Waals surface area contributed by atoms with Gasteiger partial charge in [0.05, 0.1) is 5.54 Å². The first-order valence-electron chi connectivity index (χ1n) is 4.24. The molecule has 1 aromatic heterocycles. The van der Waals surface area contributed by atoms with E-state index >= 15 is 0 Å². The monoisotopic (exact) mass is 203 g/mol. The van der Waals surface area contributed by atoms with Crippen molar-refractivity contribution in [3.63, 3.8) is 0 Å². The van der Waals surface area contributed by atoms with Crippen LogP contribution in [0.15, 0.2) is 0 Å². The molecule has 1 heterocycles. The van der Waals surface area contributed by atoms with Crippen LogP contribution in [0.25, 0.3) is 0 Å². The Morgan fingerprint density at radius 3 is 2.69 bits per heavy atom. The zero-order chi connectivity index (χ0) is 9.90. The molecule has 0 spiro atoms. The maximum absolute atomic E-state index is 12.4. The van der Waals surface area contributed by atoms with E-state index in [9.17, 15) is 4.39 Å². The second-order valence-corrected chi connectivity index (χ2v) is 4.26. The lowest BCUT2D eigenvalue weighted by atomic mass is 10.1. The van der Waals surface area contributed by atoms with E-state index in [0.29, 0.717) is 5.13 Å². The SMILES string of the molecule is CCc1nsc(NC(C)(C)CF)n1. The fourth-order valence-electron chi connectivity index (χ4n) is 0.771. The molecule has 0 fully saturated rings. The van der Waals surface area contributed by atoms with Crippen LogP contribution < -0.4 is 5.32 Å². The molecule has 13 heavy (non-hydrogen) atoms. The molecule has 0 aliphatic carbocycles. The van der Waals surface area contributed by atoms with E-state index in [4.69, 9.17) is 0 Å². The Balaban J connectivity index is 2.63. The predicted molar refractivity (Wildman–Crippen MR) is 53.0 cm³/mol. The molecule has 0 aromatic carbocycles. The van der Waals surface area contributed by atoms with Gasteiger partial charge in [-0.2, -0.15) is 4.37 Å². The summed E-state index contributed by atoms with van der Waals surface area (Å²) in [5.41, 5.74) is -0.551. The molecule has 74 valence electrons. The molecule has 0 aliphatic heterocycles. The maximum atomic E-state index is 12.4. The van der Waals surface area contributed by atoms with Gasteiger partial charge in [-0.3, -0.25) is 0 Å². The highest BCUT2D eigenvalue weighted by molar-refractivity contribution is 7.09. The lowest BCUT2D eigenvalue weighted by Crippen LogP contribution is -2.33. The Bertz CT molecular complexity index is 272. The smallest absolute Gasteiger partial charge is 0.203 e. The average molecular weight is 203 g/mol. The number of hydrogen-bond donors (Lipinski definition) is 1. The highest BCUT2D eigenvalue weighted by Crippen LogP contribution is 2.17. The summed E-state index contributed by atoms with van der Waals surface area (Å²) in [6, 6.07) is 0. The summed E-state index contributed by atoms with van der Waals surface area (Å²) in [4.78, 5) is 4.19. The summed E-state index contributed by atoms with van der Waals surface area (Å²) in [6.07, 6.45) is 0.814. The number of aryl methyl sites for hydroxylation is 1. The lowest BCUT2D eigenvalue weighted by Gasteiger charge is -2.21. The first-order chi connectivity index (χ1) is 6.07. The largest absolute Gasteiger partial charge is 0.353 e. The summed E-state index contributed by atoms with van der Waals surface area (Å²) in [5.74, 6) is 0.808. The molecule has 1 N–H and O–H groups in total. The van der Waals surface area contributed by atoms with Crippen LogP contribution >= 0.6 is 11.5 Å². The third-order valence-corrected chi connectivity index (χ3v) is 2.23. The second-order valence-electron chi connectivity index (χ2n) is 3.51. The van der Waals surface area contributed by atoms with Gasteiger partial charge in [-0.15, -0.1) is 0 Å². The Kier molecular flexibility index (Phi) is 3.19. The summed E-state index contributed by atoms with van der Waals surface area (Å²) >= 11 is 1.28. The number of nitrogens with zero attached hydrogens (tertiary/aromatic N) is 2. The van der Waals surface area contributed by atoms with Crippen molar-refractivity contribution in [3.8, 4) is 0 Å². The number of halogens is 1. The molecular weight excluding hydrogens is 189 g/mol. The van der Waals surface area contributed by atoms with Gasteiger partial charge >= 0.3 is 0 Å². The standard InChI is InChI=1S/C8H14FN3S/c1-4-6-10-7(13-12-6)11-8(2,3)5-9/h4-5H2,1-3H3,(H,10,11,12). The van der Waals surface area contributed by atoms with E-state index in [1.165, 1.54) is 11.5 Å². The summed E-state index contributed by atoms with van der Waals surface area (Å²) in [5, 5.41) is 3.69. The molecule has 0 amide bonds. The number of alkyl halides is 1. The molecular formula is C8H14FN3S.